The van der Waals surface area contributed by atoms with Crippen LogP contribution >= 0.6 is 0 Å². The molecule has 8 heteroatoms. The van der Waals surface area contributed by atoms with Gasteiger partial charge in [0.25, 0.3) is 5.56 Å². The molecule has 3 heterocycles. The number of hydrogen-bond donors (Lipinski definition) is 3. The maximum atomic E-state index is 12.8. The summed E-state index contributed by atoms with van der Waals surface area (Å²) in [7, 11) is 1.75. The number of nitrogens with one attached hydrogen (secondary N) is 3. The molecule has 0 atom stereocenters. The highest BCUT2D eigenvalue weighted by molar-refractivity contribution is 5.95. The fraction of sp³-hybridized carbons (Fsp3) is 0.364. The fourth-order valence-corrected chi connectivity index (χ4v) is 4.26. The number of aryl methyl sites for hydroxylation is 3. The first-order valence-corrected chi connectivity index (χ1v) is 10.2. The highest BCUT2D eigenvalue weighted by Gasteiger charge is 2.23. The number of benzene rings is 1. The Balaban J connectivity index is 1.39. The van der Waals surface area contributed by atoms with Gasteiger partial charge in [-0.2, -0.15) is 0 Å². The lowest BCUT2D eigenvalue weighted by atomic mass is 9.85. The zero-order valence-electron chi connectivity index (χ0n) is 17.3. The van der Waals surface area contributed by atoms with Gasteiger partial charge in [-0.05, 0) is 56.0 Å². The summed E-state index contributed by atoms with van der Waals surface area (Å²) in [6.45, 7) is 3.73. The zero-order chi connectivity index (χ0) is 21.0. The van der Waals surface area contributed by atoms with E-state index in [4.69, 9.17) is 0 Å². The molecule has 154 valence electrons. The monoisotopic (exact) mass is 404 g/mol. The van der Waals surface area contributed by atoms with Crippen LogP contribution in [-0.4, -0.2) is 30.6 Å². The number of aromatic nitrogens is 5. The lowest BCUT2D eigenvalue weighted by Crippen LogP contribution is -2.17. The van der Waals surface area contributed by atoms with Crippen LogP contribution in [0.25, 0.3) is 22.1 Å². The van der Waals surface area contributed by atoms with Crippen molar-refractivity contribution in [1.29, 1.82) is 0 Å². The van der Waals surface area contributed by atoms with E-state index in [-0.39, 0.29) is 17.9 Å². The topological polar surface area (TPSA) is 108 Å². The third kappa shape index (κ3) is 2.99. The van der Waals surface area contributed by atoms with E-state index in [2.05, 4.69) is 25.4 Å². The van der Waals surface area contributed by atoms with Crippen molar-refractivity contribution < 1.29 is 4.79 Å². The van der Waals surface area contributed by atoms with E-state index >= 15 is 0 Å². The highest BCUT2D eigenvalue weighted by Crippen LogP contribution is 2.35. The Hall–Kier alpha value is -3.42. The van der Waals surface area contributed by atoms with Gasteiger partial charge in [-0.25, -0.2) is 9.97 Å². The number of H-pyrrole nitrogens is 2. The number of carbonyl (C=O) groups is 1. The summed E-state index contributed by atoms with van der Waals surface area (Å²) < 4.78 is 1.61. The SMILES string of the molecule is Cc1nc2c(c(C)c1CC(=O)Nc1ccc3nc(C4CCC4)[nH]c3c1)c(=O)[nH]n2C. The molecule has 0 unspecified atom stereocenters. The lowest BCUT2D eigenvalue weighted by Gasteiger charge is -2.22. The highest BCUT2D eigenvalue weighted by atomic mass is 16.1. The van der Waals surface area contributed by atoms with Gasteiger partial charge >= 0.3 is 0 Å². The molecule has 1 amide bonds. The van der Waals surface area contributed by atoms with Crippen molar-refractivity contribution in [2.24, 2.45) is 7.05 Å². The third-order valence-electron chi connectivity index (χ3n) is 6.19. The van der Waals surface area contributed by atoms with E-state index in [0.717, 1.165) is 39.4 Å². The quantitative estimate of drug-likeness (QED) is 0.485. The summed E-state index contributed by atoms with van der Waals surface area (Å²) in [5.41, 5.74) is 5.31. The van der Waals surface area contributed by atoms with Crippen LogP contribution in [-0.2, 0) is 18.3 Å². The zero-order valence-corrected chi connectivity index (χ0v) is 17.3. The molecule has 1 aromatic carbocycles. The van der Waals surface area contributed by atoms with Crippen molar-refractivity contribution in [3.63, 3.8) is 0 Å². The van der Waals surface area contributed by atoms with Crippen molar-refractivity contribution in [2.45, 2.75) is 45.4 Å². The second-order valence-corrected chi connectivity index (χ2v) is 8.21. The van der Waals surface area contributed by atoms with Crippen LogP contribution in [0.5, 0.6) is 0 Å². The van der Waals surface area contributed by atoms with Gasteiger partial charge in [0, 0.05) is 24.3 Å². The number of pyridine rings is 1. The summed E-state index contributed by atoms with van der Waals surface area (Å²) in [5, 5.41) is 6.23. The molecule has 4 aromatic rings. The van der Waals surface area contributed by atoms with Gasteiger partial charge in [0.15, 0.2) is 5.65 Å². The molecule has 3 aromatic heterocycles. The normalized spacial score (nSPS) is 14.4. The van der Waals surface area contributed by atoms with Crippen molar-refractivity contribution in [3.8, 4) is 0 Å². The lowest BCUT2D eigenvalue weighted by molar-refractivity contribution is -0.115. The van der Waals surface area contributed by atoms with Crippen LogP contribution in [0.3, 0.4) is 0 Å². The predicted octanol–water partition coefficient (Wildman–Crippen LogP) is 3.20. The molecule has 0 saturated heterocycles. The number of carbonyl (C=O) groups excluding carboxylic acids is 1. The number of anilines is 1. The van der Waals surface area contributed by atoms with Gasteiger partial charge in [-0.15, -0.1) is 0 Å². The molecule has 3 N–H and O–H groups in total. The molecule has 5 rings (SSSR count). The molecular weight excluding hydrogens is 380 g/mol. The minimum absolute atomic E-state index is 0.146. The first-order chi connectivity index (χ1) is 14.4. The minimum Gasteiger partial charge on any atom is -0.342 e. The first kappa shape index (κ1) is 18.6. The second-order valence-electron chi connectivity index (χ2n) is 8.21. The average Bonchev–Trinajstić information content (AvgIpc) is 3.17. The van der Waals surface area contributed by atoms with Crippen LogP contribution in [0.4, 0.5) is 5.69 Å². The third-order valence-corrected chi connectivity index (χ3v) is 6.19. The molecule has 1 aliphatic rings. The number of aromatic amines is 2. The smallest absolute Gasteiger partial charge is 0.273 e. The number of imidazole rings is 1. The van der Waals surface area contributed by atoms with Gasteiger partial charge in [0.1, 0.15) is 5.82 Å². The van der Waals surface area contributed by atoms with E-state index in [9.17, 15) is 9.59 Å². The standard InChI is InChI=1S/C22H24N6O2/c1-11-15(12(2)23-21-19(11)22(30)27-28(21)3)10-18(29)24-14-7-8-16-17(9-14)26-20(25-16)13-5-4-6-13/h7-9,13H,4-6,10H2,1-3H3,(H,24,29)(H,25,26)(H,27,30). The Morgan fingerprint density at radius 3 is 2.80 bits per heavy atom. The van der Waals surface area contributed by atoms with E-state index in [1.54, 1.807) is 11.7 Å². The van der Waals surface area contributed by atoms with Crippen molar-refractivity contribution in [2.75, 3.05) is 5.32 Å². The number of hydrogen-bond acceptors (Lipinski definition) is 4. The molecule has 8 nitrogen and oxygen atoms in total. The maximum Gasteiger partial charge on any atom is 0.273 e. The van der Waals surface area contributed by atoms with Crippen LogP contribution in [0.2, 0.25) is 0 Å². The van der Waals surface area contributed by atoms with E-state index in [1.807, 2.05) is 32.0 Å². The Kier molecular flexibility index (Phi) is 4.23. The molecule has 0 spiro atoms. The van der Waals surface area contributed by atoms with Gasteiger partial charge in [0.2, 0.25) is 5.91 Å². The molecule has 1 aliphatic carbocycles. The van der Waals surface area contributed by atoms with E-state index in [1.165, 1.54) is 19.3 Å². The average molecular weight is 404 g/mol. The van der Waals surface area contributed by atoms with Crippen molar-refractivity contribution in [1.82, 2.24) is 24.7 Å². The van der Waals surface area contributed by atoms with Crippen molar-refractivity contribution in [3.05, 3.63) is 51.2 Å². The number of nitrogens with zero attached hydrogens (tertiary/aromatic N) is 3. The van der Waals surface area contributed by atoms with Gasteiger partial charge in [-0.3, -0.25) is 19.4 Å². The minimum atomic E-state index is -0.189. The fourth-order valence-electron chi connectivity index (χ4n) is 4.26. The van der Waals surface area contributed by atoms with E-state index < -0.39 is 0 Å². The van der Waals surface area contributed by atoms with E-state index in [0.29, 0.717) is 17.0 Å². The summed E-state index contributed by atoms with van der Waals surface area (Å²) in [4.78, 5) is 37.6. The van der Waals surface area contributed by atoms with Crippen LogP contribution in [0, 0.1) is 13.8 Å². The molecule has 30 heavy (non-hydrogen) atoms. The van der Waals surface area contributed by atoms with Gasteiger partial charge < -0.3 is 10.3 Å². The maximum absolute atomic E-state index is 12.8. The number of fused-ring (bicyclic) bond motifs is 2. The summed E-state index contributed by atoms with van der Waals surface area (Å²) >= 11 is 0. The Morgan fingerprint density at radius 1 is 1.27 bits per heavy atom. The van der Waals surface area contributed by atoms with Crippen LogP contribution in [0.15, 0.2) is 23.0 Å². The molecule has 1 fully saturated rings. The van der Waals surface area contributed by atoms with Crippen LogP contribution < -0.4 is 10.9 Å². The van der Waals surface area contributed by atoms with Crippen LogP contribution in [0.1, 0.15) is 47.8 Å². The first-order valence-electron chi connectivity index (χ1n) is 10.2. The van der Waals surface area contributed by atoms with Gasteiger partial charge in [0.05, 0.1) is 22.8 Å². The molecule has 0 radical (unpaired) electrons. The summed E-state index contributed by atoms with van der Waals surface area (Å²) in [6.07, 6.45) is 3.79. The molecule has 1 saturated carbocycles. The molecule has 0 aliphatic heterocycles. The Morgan fingerprint density at radius 2 is 2.07 bits per heavy atom. The number of rotatable bonds is 4. The van der Waals surface area contributed by atoms with Gasteiger partial charge in [-0.1, -0.05) is 6.42 Å². The Labute approximate surface area is 172 Å². The second kappa shape index (κ2) is 6.83. The summed E-state index contributed by atoms with van der Waals surface area (Å²) in [5.74, 6) is 1.43. The molecule has 0 bridgehead atoms. The largest absolute Gasteiger partial charge is 0.342 e. The Bertz CT molecular complexity index is 1360. The molecular formula is C22H24N6O2. The van der Waals surface area contributed by atoms with Crippen molar-refractivity contribution >= 4 is 33.7 Å². The number of amides is 1. The predicted molar refractivity (Wildman–Crippen MR) is 116 cm³/mol. The summed E-state index contributed by atoms with van der Waals surface area (Å²) in [6, 6.07) is 5.72.